The van der Waals surface area contributed by atoms with E-state index in [-0.39, 0.29) is 17.6 Å². The van der Waals surface area contributed by atoms with Crippen LogP contribution < -0.4 is 0 Å². The number of nitrogens with zero attached hydrogens (tertiary/aromatic N) is 4. The van der Waals surface area contributed by atoms with Crippen LogP contribution in [0.3, 0.4) is 0 Å². The number of imidazole rings is 1. The van der Waals surface area contributed by atoms with Crippen LogP contribution in [0.15, 0.2) is 42.9 Å². The second-order valence-corrected chi connectivity index (χ2v) is 7.21. The van der Waals surface area contributed by atoms with Crippen LogP contribution in [-0.2, 0) is 17.8 Å². The van der Waals surface area contributed by atoms with E-state index in [0.717, 1.165) is 48.5 Å². The molecule has 1 aliphatic heterocycles. The van der Waals surface area contributed by atoms with Gasteiger partial charge in [0.1, 0.15) is 18.2 Å². The quantitative estimate of drug-likeness (QED) is 0.737. The smallest absolute Gasteiger partial charge is 0.242 e. The SMILES string of the molecule is CCc1nccn1CC(=O)N1CCC[C@@H](c2[nH]ncc2-c2ccc(F)cc2)C1. The molecule has 1 saturated heterocycles. The molecule has 4 rings (SSSR count). The summed E-state index contributed by atoms with van der Waals surface area (Å²) in [5, 5.41) is 7.33. The number of amides is 1. The van der Waals surface area contributed by atoms with Crippen LogP contribution in [0.1, 0.15) is 37.2 Å². The van der Waals surface area contributed by atoms with Crippen molar-refractivity contribution in [2.75, 3.05) is 13.1 Å². The summed E-state index contributed by atoms with van der Waals surface area (Å²) in [6, 6.07) is 6.44. The number of halogens is 1. The number of benzene rings is 1. The number of H-pyrrole nitrogens is 1. The van der Waals surface area contributed by atoms with E-state index < -0.39 is 0 Å². The molecule has 0 radical (unpaired) electrons. The van der Waals surface area contributed by atoms with Crippen LogP contribution in [0.2, 0.25) is 0 Å². The number of aromatic nitrogens is 4. The summed E-state index contributed by atoms with van der Waals surface area (Å²) in [5.74, 6) is 0.970. The van der Waals surface area contributed by atoms with Crippen molar-refractivity contribution >= 4 is 5.91 Å². The highest BCUT2D eigenvalue weighted by Crippen LogP contribution is 2.33. The number of hydrogen-bond donors (Lipinski definition) is 1. The first-order valence-electron chi connectivity index (χ1n) is 9.72. The lowest BCUT2D eigenvalue weighted by molar-refractivity contribution is -0.133. The van der Waals surface area contributed by atoms with Crippen molar-refractivity contribution in [3.8, 4) is 11.1 Å². The number of carbonyl (C=O) groups excluding carboxylic acids is 1. The molecular formula is C21H24FN5O. The van der Waals surface area contributed by atoms with E-state index in [0.29, 0.717) is 13.1 Å². The Bertz CT molecular complexity index is 946. The van der Waals surface area contributed by atoms with E-state index >= 15 is 0 Å². The molecule has 0 saturated carbocycles. The molecule has 0 aliphatic carbocycles. The van der Waals surface area contributed by atoms with E-state index in [2.05, 4.69) is 15.2 Å². The van der Waals surface area contributed by atoms with Gasteiger partial charge in [-0.15, -0.1) is 0 Å². The van der Waals surface area contributed by atoms with Gasteiger partial charge < -0.3 is 9.47 Å². The second-order valence-electron chi connectivity index (χ2n) is 7.21. The standard InChI is InChI=1S/C21H24FN5O/c1-2-19-23-9-11-26(19)14-20(28)27-10-3-4-16(13-27)21-18(12-24-25-21)15-5-7-17(22)8-6-15/h5-9,11-12,16H,2-4,10,13-14H2,1H3,(H,24,25)/t16-/m1/s1. The van der Waals surface area contributed by atoms with Crippen LogP contribution in [0.5, 0.6) is 0 Å². The Morgan fingerprint density at radius 1 is 1.32 bits per heavy atom. The van der Waals surface area contributed by atoms with Gasteiger partial charge in [0, 0.05) is 49.1 Å². The van der Waals surface area contributed by atoms with Gasteiger partial charge in [0.2, 0.25) is 5.91 Å². The third kappa shape index (κ3) is 3.69. The first-order valence-corrected chi connectivity index (χ1v) is 9.72. The molecule has 28 heavy (non-hydrogen) atoms. The molecular weight excluding hydrogens is 357 g/mol. The summed E-state index contributed by atoms with van der Waals surface area (Å²) in [5.41, 5.74) is 2.92. The van der Waals surface area contributed by atoms with Gasteiger partial charge in [0.15, 0.2) is 0 Å². The number of piperidine rings is 1. The van der Waals surface area contributed by atoms with Gasteiger partial charge in [0.05, 0.1) is 6.20 Å². The lowest BCUT2D eigenvalue weighted by Gasteiger charge is -2.33. The number of aryl methyl sites for hydroxylation is 1. The van der Waals surface area contributed by atoms with Crippen molar-refractivity contribution in [3.05, 3.63) is 60.2 Å². The topological polar surface area (TPSA) is 66.8 Å². The van der Waals surface area contributed by atoms with Gasteiger partial charge in [-0.3, -0.25) is 9.89 Å². The van der Waals surface area contributed by atoms with Crippen molar-refractivity contribution in [2.24, 2.45) is 0 Å². The zero-order valence-corrected chi connectivity index (χ0v) is 15.9. The summed E-state index contributed by atoms with van der Waals surface area (Å²) >= 11 is 0. The molecule has 1 aromatic carbocycles. The fourth-order valence-corrected chi connectivity index (χ4v) is 3.95. The molecule has 1 N–H and O–H groups in total. The number of nitrogens with one attached hydrogen (secondary N) is 1. The first kappa shape index (κ1) is 18.4. The maximum absolute atomic E-state index is 13.3. The summed E-state index contributed by atoms with van der Waals surface area (Å²) in [6.45, 7) is 3.79. The third-order valence-electron chi connectivity index (χ3n) is 5.43. The molecule has 1 atom stereocenters. The minimum atomic E-state index is -0.255. The highest BCUT2D eigenvalue weighted by atomic mass is 19.1. The van der Waals surface area contributed by atoms with E-state index in [4.69, 9.17) is 0 Å². The van der Waals surface area contributed by atoms with Gasteiger partial charge in [-0.1, -0.05) is 19.1 Å². The van der Waals surface area contributed by atoms with Gasteiger partial charge in [-0.25, -0.2) is 9.37 Å². The maximum atomic E-state index is 13.3. The van der Waals surface area contributed by atoms with Crippen LogP contribution in [0, 0.1) is 5.82 Å². The van der Waals surface area contributed by atoms with E-state index in [1.807, 2.05) is 22.6 Å². The summed E-state index contributed by atoms with van der Waals surface area (Å²) in [4.78, 5) is 19.1. The molecule has 7 heteroatoms. The average Bonchev–Trinajstić information content (AvgIpc) is 3.38. The molecule has 146 valence electrons. The van der Waals surface area contributed by atoms with Gasteiger partial charge >= 0.3 is 0 Å². The normalized spacial score (nSPS) is 17.1. The molecule has 3 aromatic rings. The van der Waals surface area contributed by atoms with Gasteiger partial charge in [0.25, 0.3) is 0 Å². The van der Waals surface area contributed by atoms with Crippen LogP contribution >= 0.6 is 0 Å². The Morgan fingerprint density at radius 3 is 2.93 bits per heavy atom. The van der Waals surface area contributed by atoms with Crippen LogP contribution in [-0.4, -0.2) is 43.6 Å². The van der Waals surface area contributed by atoms with Crippen molar-refractivity contribution in [1.29, 1.82) is 0 Å². The molecule has 6 nitrogen and oxygen atoms in total. The third-order valence-corrected chi connectivity index (χ3v) is 5.43. The summed E-state index contributed by atoms with van der Waals surface area (Å²) in [7, 11) is 0. The zero-order chi connectivity index (χ0) is 19.5. The predicted octanol–water partition coefficient (Wildman–Crippen LogP) is 3.38. The molecule has 1 fully saturated rings. The van der Waals surface area contributed by atoms with E-state index in [9.17, 15) is 9.18 Å². The van der Waals surface area contributed by atoms with Crippen molar-refractivity contribution in [3.63, 3.8) is 0 Å². The Kier molecular flexibility index (Phi) is 5.23. The highest BCUT2D eigenvalue weighted by molar-refractivity contribution is 5.76. The molecule has 1 aliphatic rings. The molecule has 2 aromatic heterocycles. The maximum Gasteiger partial charge on any atom is 0.242 e. The minimum Gasteiger partial charge on any atom is -0.340 e. The molecule has 0 spiro atoms. The van der Waals surface area contributed by atoms with E-state index in [1.165, 1.54) is 12.1 Å². The lowest BCUT2D eigenvalue weighted by Crippen LogP contribution is -2.41. The Balaban J connectivity index is 1.49. The fraction of sp³-hybridized carbons (Fsp3) is 0.381. The fourth-order valence-electron chi connectivity index (χ4n) is 3.95. The van der Waals surface area contributed by atoms with Crippen LogP contribution in [0.4, 0.5) is 4.39 Å². The van der Waals surface area contributed by atoms with Crippen LogP contribution in [0.25, 0.3) is 11.1 Å². The van der Waals surface area contributed by atoms with Crippen molar-refractivity contribution < 1.29 is 9.18 Å². The number of hydrogen-bond acceptors (Lipinski definition) is 3. The monoisotopic (exact) mass is 381 g/mol. The molecule has 0 bridgehead atoms. The summed E-state index contributed by atoms with van der Waals surface area (Å²) < 4.78 is 15.2. The molecule has 0 unspecified atom stereocenters. The second kappa shape index (κ2) is 7.96. The highest BCUT2D eigenvalue weighted by Gasteiger charge is 2.28. The Labute approximate surface area is 163 Å². The Morgan fingerprint density at radius 2 is 2.14 bits per heavy atom. The lowest BCUT2D eigenvalue weighted by atomic mass is 9.90. The zero-order valence-electron chi connectivity index (χ0n) is 15.9. The number of rotatable bonds is 5. The Hall–Kier alpha value is -2.96. The summed E-state index contributed by atoms with van der Waals surface area (Å²) in [6.07, 6.45) is 8.12. The number of likely N-dealkylation sites (tertiary alicyclic amines) is 1. The molecule has 1 amide bonds. The average molecular weight is 381 g/mol. The molecule has 3 heterocycles. The predicted molar refractivity (Wildman–Crippen MR) is 104 cm³/mol. The van der Waals surface area contributed by atoms with Crippen molar-refractivity contribution in [1.82, 2.24) is 24.6 Å². The largest absolute Gasteiger partial charge is 0.340 e. The van der Waals surface area contributed by atoms with E-state index in [1.54, 1.807) is 24.5 Å². The number of aromatic amines is 1. The minimum absolute atomic E-state index is 0.111. The van der Waals surface area contributed by atoms with Gasteiger partial charge in [-0.2, -0.15) is 5.10 Å². The number of carbonyl (C=O) groups is 1. The van der Waals surface area contributed by atoms with Crippen molar-refractivity contribution in [2.45, 2.75) is 38.6 Å². The first-order chi connectivity index (χ1) is 13.7. The van der Waals surface area contributed by atoms with Gasteiger partial charge in [-0.05, 0) is 30.5 Å².